The van der Waals surface area contributed by atoms with E-state index in [-0.39, 0.29) is 17.7 Å². The lowest BCUT2D eigenvalue weighted by atomic mass is 9.81. The largest absolute Gasteiger partial charge is 0.372 e. The summed E-state index contributed by atoms with van der Waals surface area (Å²) in [4.78, 5) is 14.6. The molecule has 1 aliphatic carbocycles. The van der Waals surface area contributed by atoms with Crippen LogP contribution >= 0.6 is 34.5 Å². The number of para-hydroxylation sites is 2. The van der Waals surface area contributed by atoms with Crippen LogP contribution in [0, 0.1) is 0 Å². The van der Waals surface area contributed by atoms with Crippen LogP contribution in [0.25, 0.3) is 0 Å². The summed E-state index contributed by atoms with van der Waals surface area (Å²) in [5, 5.41) is 10.3. The van der Waals surface area contributed by atoms with E-state index in [1.165, 1.54) is 4.88 Å². The second-order valence-electron chi connectivity index (χ2n) is 7.35. The van der Waals surface area contributed by atoms with Gasteiger partial charge in [0, 0.05) is 38.5 Å². The number of carbonyl (C=O) groups excluding carboxylic acids is 1. The summed E-state index contributed by atoms with van der Waals surface area (Å²) in [6.45, 7) is 0. The van der Waals surface area contributed by atoms with Gasteiger partial charge in [0.05, 0.1) is 17.4 Å². The van der Waals surface area contributed by atoms with Gasteiger partial charge in [0.1, 0.15) is 0 Å². The molecule has 0 spiro atoms. The quantitative estimate of drug-likeness (QED) is 0.448. The number of hydrogen-bond acceptors (Lipinski definition) is 4. The Morgan fingerprint density at radius 1 is 0.966 bits per heavy atom. The van der Waals surface area contributed by atoms with Gasteiger partial charge >= 0.3 is 0 Å². The topological polar surface area (TPSA) is 41.1 Å². The van der Waals surface area contributed by atoms with Crippen LogP contribution < -0.4 is 10.6 Å². The van der Waals surface area contributed by atoms with E-state index in [0.717, 1.165) is 34.6 Å². The molecule has 1 aliphatic heterocycles. The highest BCUT2D eigenvalue weighted by Crippen LogP contribution is 2.46. The molecule has 0 amide bonds. The van der Waals surface area contributed by atoms with Gasteiger partial charge in [-0.1, -0.05) is 47.5 Å². The van der Waals surface area contributed by atoms with Crippen molar-refractivity contribution in [2.75, 3.05) is 10.6 Å². The molecule has 5 rings (SSSR count). The second-order valence-corrected chi connectivity index (χ2v) is 9.17. The summed E-state index contributed by atoms with van der Waals surface area (Å²) in [6, 6.07) is 17.3. The van der Waals surface area contributed by atoms with Gasteiger partial charge in [-0.15, -0.1) is 11.3 Å². The molecule has 146 valence electrons. The normalized spacial score (nSPS) is 21.0. The molecule has 0 bridgehead atoms. The Hall–Kier alpha value is -2.27. The molecule has 3 nitrogen and oxygen atoms in total. The van der Waals surface area contributed by atoms with Crippen LogP contribution in [0.15, 0.2) is 71.2 Å². The maximum absolute atomic E-state index is 13.4. The number of allylic oxidation sites excluding steroid dienone is 1. The maximum Gasteiger partial charge on any atom is 0.163 e. The fraction of sp³-hybridized carbons (Fsp3) is 0.174. The SMILES string of the molecule is O=C1C[C@H](c2cccs2)CC2=C1[C@@H](c1ccc(Cl)cc1Cl)Nc1ccccc1N2. The number of ketones is 1. The molecule has 2 aromatic carbocycles. The molecule has 2 aliphatic rings. The Morgan fingerprint density at radius 3 is 2.55 bits per heavy atom. The smallest absolute Gasteiger partial charge is 0.163 e. The highest BCUT2D eigenvalue weighted by atomic mass is 35.5. The lowest BCUT2D eigenvalue weighted by molar-refractivity contribution is -0.116. The van der Waals surface area contributed by atoms with Gasteiger partial charge in [-0.05, 0) is 47.7 Å². The Morgan fingerprint density at radius 2 is 1.79 bits per heavy atom. The third-order valence-electron chi connectivity index (χ3n) is 5.53. The molecule has 2 N–H and O–H groups in total. The van der Waals surface area contributed by atoms with Crippen molar-refractivity contribution < 1.29 is 4.79 Å². The molecule has 6 heteroatoms. The Kier molecular flexibility index (Phi) is 4.86. The van der Waals surface area contributed by atoms with E-state index in [4.69, 9.17) is 23.2 Å². The summed E-state index contributed by atoms with van der Waals surface area (Å²) in [5.74, 6) is 0.342. The van der Waals surface area contributed by atoms with Gasteiger partial charge in [-0.25, -0.2) is 0 Å². The van der Waals surface area contributed by atoms with E-state index < -0.39 is 0 Å². The lowest BCUT2D eigenvalue weighted by Gasteiger charge is -2.29. The van der Waals surface area contributed by atoms with Crippen LogP contribution in [0.1, 0.15) is 35.2 Å². The van der Waals surface area contributed by atoms with Gasteiger partial charge in [0.2, 0.25) is 0 Å². The summed E-state index contributed by atoms with van der Waals surface area (Å²) < 4.78 is 0. The van der Waals surface area contributed by atoms with E-state index in [9.17, 15) is 4.79 Å². The number of fused-ring (bicyclic) bond motifs is 1. The van der Waals surface area contributed by atoms with Gasteiger partial charge in [-0.2, -0.15) is 0 Å². The molecular weight excluding hydrogens is 423 g/mol. The van der Waals surface area contributed by atoms with E-state index >= 15 is 0 Å². The van der Waals surface area contributed by atoms with Crippen molar-refractivity contribution in [3.05, 3.63) is 91.7 Å². The first-order valence-electron chi connectivity index (χ1n) is 9.47. The number of rotatable bonds is 2. The van der Waals surface area contributed by atoms with E-state index in [1.54, 1.807) is 17.4 Å². The molecule has 0 unspecified atom stereocenters. The van der Waals surface area contributed by atoms with Gasteiger partial charge in [0.15, 0.2) is 5.78 Å². The molecule has 1 aromatic heterocycles. The number of Topliss-reactive ketones (excluding diaryl/α,β-unsaturated/α-hetero) is 1. The summed E-state index contributed by atoms with van der Waals surface area (Å²) >= 11 is 14.4. The third-order valence-corrected chi connectivity index (χ3v) is 7.13. The standard InChI is InChI=1S/C23H18Cl2N2OS/c24-14-7-8-15(16(25)12-14)23-22-19(26-17-4-1-2-5-18(17)27-23)10-13(11-20(22)28)21-6-3-9-29-21/h1-9,12-13,23,26-27H,10-11H2/t13-,23-/m1/s1. The van der Waals surface area contributed by atoms with Crippen molar-refractivity contribution in [3.63, 3.8) is 0 Å². The van der Waals surface area contributed by atoms with Crippen molar-refractivity contribution in [1.82, 2.24) is 0 Å². The van der Waals surface area contributed by atoms with E-state index in [2.05, 4.69) is 22.1 Å². The second kappa shape index (κ2) is 7.52. The van der Waals surface area contributed by atoms with Gasteiger partial charge in [-0.3, -0.25) is 4.79 Å². The van der Waals surface area contributed by atoms with Crippen molar-refractivity contribution in [1.29, 1.82) is 0 Å². The van der Waals surface area contributed by atoms with Gasteiger partial charge in [0.25, 0.3) is 0 Å². The number of benzene rings is 2. The molecule has 0 saturated heterocycles. The fourth-order valence-corrected chi connectivity index (χ4v) is 5.53. The minimum atomic E-state index is -0.331. The fourth-order valence-electron chi connectivity index (χ4n) is 4.19. The lowest BCUT2D eigenvalue weighted by Crippen LogP contribution is -2.26. The molecule has 2 heterocycles. The number of halogens is 2. The average molecular weight is 441 g/mol. The van der Waals surface area contributed by atoms with Gasteiger partial charge < -0.3 is 10.6 Å². The minimum Gasteiger partial charge on any atom is -0.372 e. The molecule has 0 radical (unpaired) electrons. The first kappa shape index (κ1) is 18.7. The molecule has 3 aromatic rings. The average Bonchev–Trinajstić information content (AvgIpc) is 3.17. The zero-order valence-corrected chi connectivity index (χ0v) is 17.7. The van der Waals surface area contributed by atoms with Crippen molar-refractivity contribution in [2.45, 2.75) is 24.8 Å². The monoisotopic (exact) mass is 440 g/mol. The number of nitrogens with one attached hydrogen (secondary N) is 2. The highest BCUT2D eigenvalue weighted by molar-refractivity contribution is 7.10. The number of thiophene rings is 1. The van der Waals surface area contributed by atoms with E-state index in [0.29, 0.717) is 16.5 Å². The number of carbonyl (C=O) groups is 1. The third kappa shape index (κ3) is 3.46. The first-order chi connectivity index (χ1) is 14.1. The summed E-state index contributed by atoms with van der Waals surface area (Å²) in [5.41, 5.74) is 4.49. The maximum atomic E-state index is 13.4. The van der Waals surface area contributed by atoms with Crippen molar-refractivity contribution in [3.8, 4) is 0 Å². The predicted octanol–water partition coefficient (Wildman–Crippen LogP) is 7.03. The van der Waals surface area contributed by atoms with Crippen LogP contribution in [0.4, 0.5) is 11.4 Å². The predicted molar refractivity (Wildman–Crippen MR) is 121 cm³/mol. The number of anilines is 2. The van der Waals surface area contributed by atoms with Crippen molar-refractivity contribution in [2.24, 2.45) is 0 Å². The molecule has 29 heavy (non-hydrogen) atoms. The van der Waals surface area contributed by atoms with E-state index in [1.807, 2.05) is 42.5 Å². The molecule has 0 fully saturated rings. The summed E-state index contributed by atoms with van der Waals surface area (Å²) in [7, 11) is 0. The summed E-state index contributed by atoms with van der Waals surface area (Å²) in [6.07, 6.45) is 1.29. The Balaban J connectivity index is 1.65. The Labute approximate surface area is 183 Å². The van der Waals surface area contributed by atoms with Crippen LogP contribution in [0.3, 0.4) is 0 Å². The minimum absolute atomic E-state index is 0.147. The zero-order chi connectivity index (χ0) is 20.0. The zero-order valence-electron chi connectivity index (χ0n) is 15.4. The molecule has 0 saturated carbocycles. The van der Waals surface area contributed by atoms with Crippen LogP contribution in [-0.2, 0) is 4.79 Å². The first-order valence-corrected chi connectivity index (χ1v) is 11.1. The van der Waals surface area contributed by atoms with Crippen LogP contribution in [-0.4, -0.2) is 5.78 Å². The highest BCUT2D eigenvalue weighted by Gasteiger charge is 2.36. The van der Waals surface area contributed by atoms with Crippen LogP contribution in [0.5, 0.6) is 0 Å². The number of hydrogen-bond donors (Lipinski definition) is 2. The van der Waals surface area contributed by atoms with Crippen LogP contribution in [0.2, 0.25) is 10.0 Å². The Bertz CT molecular complexity index is 1120. The molecular formula is C23H18Cl2N2OS. The van der Waals surface area contributed by atoms with Crippen molar-refractivity contribution >= 4 is 51.7 Å². The molecule has 2 atom stereocenters.